The number of nitrogens with zero attached hydrogens (tertiary/aromatic N) is 2. The third kappa shape index (κ3) is 3.54. The number of carbonyl (C=O) groups excluding carboxylic acids is 1. The third-order valence-corrected chi connectivity index (χ3v) is 4.53. The first-order chi connectivity index (χ1) is 11.1. The van der Waals surface area contributed by atoms with E-state index in [1.807, 2.05) is 0 Å². The number of aromatic nitrogens is 2. The molecule has 0 unspecified atom stereocenters. The van der Waals surface area contributed by atoms with Gasteiger partial charge in [-0.05, 0) is 44.1 Å². The van der Waals surface area contributed by atoms with Gasteiger partial charge in [0.1, 0.15) is 5.82 Å². The highest BCUT2D eigenvalue weighted by atomic mass is 35.5. The minimum absolute atomic E-state index is 0.0852. The van der Waals surface area contributed by atoms with Gasteiger partial charge in [0, 0.05) is 18.0 Å². The van der Waals surface area contributed by atoms with Crippen molar-refractivity contribution < 1.29 is 4.79 Å². The molecule has 2 N–H and O–H groups in total. The molecule has 1 saturated heterocycles. The summed E-state index contributed by atoms with van der Waals surface area (Å²) >= 11 is 5.92. The molecule has 6 nitrogen and oxygen atoms in total. The highest BCUT2D eigenvalue weighted by Crippen LogP contribution is 2.19. The predicted molar refractivity (Wildman–Crippen MR) is 89.4 cm³/mol. The molecule has 1 aliphatic rings. The van der Waals surface area contributed by atoms with Gasteiger partial charge in [-0.1, -0.05) is 11.6 Å². The summed E-state index contributed by atoms with van der Waals surface area (Å²) in [5.74, 6) is 0.837. The molecule has 0 atom stereocenters. The van der Waals surface area contributed by atoms with E-state index < -0.39 is 0 Å². The molecule has 0 aliphatic carbocycles. The fourth-order valence-corrected chi connectivity index (χ4v) is 3.18. The summed E-state index contributed by atoms with van der Waals surface area (Å²) in [6, 6.07) is 5.12. The number of rotatable bonds is 3. The number of piperidine rings is 1. The fraction of sp³-hybridized carbons (Fsp3) is 0.438. The highest BCUT2D eigenvalue weighted by Gasteiger charge is 2.24. The predicted octanol–water partition coefficient (Wildman–Crippen LogP) is 1.53. The van der Waals surface area contributed by atoms with E-state index in [9.17, 15) is 9.59 Å². The molecule has 23 heavy (non-hydrogen) atoms. The average Bonchev–Trinajstić information content (AvgIpc) is 2.55. The Kier molecular flexibility index (Phi) is 4.63. The number of carbonyl (C=O) groups is 1. The number of nitrogens with one attached hydrogen (secondary N) is 2. The summed E-state index contributed by atoms with van der Waals surface area (Å²) < 4.78 is 0. The Morgan fingerprint density at radius 1 is 1.43 bits per heavy atom. The van der Waals surface area contributed by atoms with Crippen molar-refractivity contribution in [2.24, 2.45) is 5.92 Å². The Morgan fingerprint density at radius 2 is 2.17 bits per heavy atom. The molecule has 2 aromatic rings. The van der Waals surface area contributed by atoms with E-state index in [1.165, 1.54) is 0 Å². The Hall–Kier alpha value is -1.92. The van der Waals surface area contributed by atoms with Crippen LogP contribution in [0.2, 0.25) is 5.02 Å². The lowest BCUT2D eigenvalue weighted by molar-refractivity contribution is -0.125. The maximum Gasteiger partial charge on any atom is 0.258 e. The standard InChI is InChI=1S/C16H19ClN4O2/c1-18-15(22)10-4-6-21(7-5-10)9-14-19-13-3-2-11(17)8-12(13)16(23)20-14/h2-3,8,10H,4-7,9H2,1H3,(H,18,22)(H,19,20,23). The van der Waals surface area contributed by atoms with Crippen LogP contribution in [0.4, 0.5) is 0 Å². The molecule has 7 heteroatoms. The molecule has 0 bridgehead atoms. The van der Waals surface area contributed by atoms with Gasteiger partial charge in [0.2, 0.25) is 5.91 Å². The second-order valence-corrected chi connectivity index (χ2v) is 6.28. The van der Waals surface area contributed by atoms with Crippen LogP contribution in [0, 0.1) is 5.92 Å². The molecule has 1 amide bonds. The van der Waals surface area contributed by atoms with E-state index in [2.05, 4.69) is 20.2 Å². The molecule has 1 fully saturated rings. The largest absolute Gasteiger partial charge is 0.359 e. The van der Waals surface area contributed by atoms with Crippen LogP contribution >= 0.6 is 11.6 Å². The molecular weight excluding hydrogens is 316 g/mol. The highest BCUT2D eigenvalue weighted by molar-refractivity contribution is 6.31. The van der Waals surface area contributed by atoms with Crippen LogP contribution in [0.5, 0.6) is 0 Å². The van der Waals surface area contributed by atoms with Crippen molar-refractivity contribution in [1.29, 1.82) is 0 Å². The number of halogens is 1. The Labute approximate surface area is 138 Å². The summed E-state index contributed by atoms with van der Waals surface area (Å²) in [4.78, 5) is 33.3. The van der Waals surface area contributed by atoms with Gasteiger partial charge in [-0.2, -0.15) is 0 Å². The number of amides is 1. The Bertz CT molecular complexity index is 781. The van der Waals surface area contributed by atoms with Crippen molar-refractivity contribution in [3.63, 3.8) is 0 Å². The molecule has 0 radical (unpaired) electrons. The van der Waals surface area contributed by atoms with Crippen LogP contribution in [0.15, 0.2) is 23.0 Å². The Morgan fingerprint density at radius 3 is 2.87 bits per heavy atom. The number of benzene rings is 1. The van der Waals surface area contributed by atoms with Crippen molar-refractivity contribution in [3.8, 4) is 0 Å². The van der Waals surface area contributed by atoms with E-state index in [1.54, 1.807) is 25.2 Å². The van der Waals surface area contributed by atoms with Gasteiger partial charge in [-0.3, -0.25) is 14.5 Å². The number of hydrogen-bond donors (Lipinski definition) is 2. The molecule has 122 valence electrons. The molecule has 2 heterocycles. The molecule has 3 rings (SSSR count). The van der Waals surface area contributed by atoms with Crippen LogP contribution in [0.3, 0.4) is 0 Å². The number of hydrogen-bond acceptors (Lipinski definition) is 4. The molecule has 0 saturated carbocycles. The number of likely N-dealkylation sites (tertiary alicyclic amines) is 1. The number of H-pyrrole nitrogens is 1. The van der Waals surface area contributed by atoms with Crippen molar-refractivity contribution in [1.82, 2.24) is 20.2 Å². The van der Waals surface area contributed by atoms with Crippen LogP contribution in [0.1, 0.15) is 18.7 Å². The van der Waals surface area contributed by atoms with Crippen molar-refractivity contribution in [2.75, 3.05) is 20.1 Å². The lowest BCUT2D eigenvalue weighted by Gasteiger charge is -2.30. The summed E-state index contributed by atoms with van der Waals surface area (Å²) in [5, 5.41) is 3.72. The first-order valence-corrected chi connectivity index (χ1v) is 8.07. The molecule has 1 aromatic heterocycles. The van der Waals surface area contributed by atoms with Crippen LogP contribution < -0.4 is 10.9 Å². The zero-order chi connectivity index (χ0) is 16.4. The van der Waals surface area contributed by atoms with Gasteiger partial charge in [-0.25, -0.2) is 4.98 Å². The maximum atomic E-state index is 12.1. The van der Waals surface area contributed by atoms with E-state index in [4.69, 9.17) is 11.6 Å². The van der Waals surface area contributed by atoms with E-state index in [0.29, 0.717) is 28.3 Å². The van der Waals surface area contributed by atoms with E-state index >= 15 is 0 Å². The zero-order valence-corrected chi connectivity index (χ0v) is 13.7. The van der Waals surface area contributed by atoms with Gasteiger partial charge in [-0.15, -0.1) is 0 Å². The maximum absolute atomic E-state index is 12.1. The number of fused-ring (bicyclic) bond motifs is 1. The first kappa shape index (κ1) is 16.0. The molecule has 1 aromatic carbocycles. The van der Waals surface area contributed by atoms with Crippen molar-refractivity contribution >= 4 is 28.4 Å². The lowest BCUT2D eigenvalue weighted by atomic mass is 9.96. The smallest absolute Gasteiger partial charge is 0.258 e. The molecule has 0 spiro atoms. The van der Waals surface area contributed by atoms with Crippen molar-refractivity contribution in [2.45, 2.75) is 19.4 Å². The van der Waals surface area contributed by atoms with Crippen molar-refractivity contribution in [3.05, 3.63) is 39.4 Å². The summed E-state index contributed by atoms with van der Waals surface area (Å²) in [5.41, 5.74) is 0.473. The second kappa shape index (κ2) is 6.68. The monoisotopic (exact) mass is 334 g/mol. The SMILES string of the molecule is CNC(=O)C1CCN(Cc2nc3ccc(Cl)cc3c(=O)[nH]2)CC1. The summed E-state index contributed by atoms with van der Waals surface area (Å²) in [7, 11) is 1.67. The molecule has 1 aliphatic heterocycles. The second-order valence-electron chi connectivity index (χ2n) is 5.84. The lowest BCUT2D eigenvalue weighted by Crippen LogP contribution is -2.39. The van der Waals surface area contributed by atoms with Crippen LogP contribution in [-0.2, 0) is 11.3 Å². The third-order valence-electron chi connectivity index (χ3n) is 4.29. The Balaban J connectivity index is 1.72. The normalized spacial score (nSPS) is 16.6. The molecular formula is C16H19ClN4O2. The van der Waals surface area contributed by atoms with E-state index in [0.717, 1.165) is 25.9 Å². The van der Waals surface area contributed by atoms with Gasteiger partial charge >= 0.3 is 0 Å². The van der Waals surface area contributed by atoms with Gasteiger partial charge in [0.05, 0.1) is 17.4 Å². The minimum atomic E-state index is -0.173. The quantitative estimate of drug-likeness (QED) is 0.892. The minimum Gasteiger partial charge on any atom is -0.359 e. The fourth-order valence-electron chi connectivity index (χ4n) is 3.00. The van der Waals surface area contributed by atoms with Crippen LogP contribution in [-0.4, -0.2) is 40.9 Å². The zero-order valence-electron chi connectivity index (χ0n) is 12.9. The summed E-state index contributed by atoms with van der Waals surface area (Å²) in [6.07, 6.45) is 1.65. The van der Waals surface area contributed by atoms with Gasteiger partial charge < -0.3 is 10.3 Å². The summed E-state index contributed by atoms with van der Waals surface area (Å²) in [6.45, 7) is 2.22. The first-order valence-electron chi connectivity index (χ1n) is 7.69. The number of aromatic amines is 1. The van der Waals surface area contributed by atoms with Crippen LogP contribution in [0.25, 0.3) is 10.9 Å². The van der Waals surface area contributed by atoms with Gasteiger partial charge in [0.15, 0.2) is 0 Å². The average molecular weight is 335 g/mol. The topological polar surface area (TPSA) is 78.1 Å². The van der Waals surface area contributed by atoms with Gasteiger partial charge in [0.25, 0.3) is 5.56 Å². The van der Waals surface area contributed by atoms with E-state index in [-0.39, 0.29) is 17.4 Å².